The van der Waals surface area contributed by atoms with Crippen LogP contribution >= 0.6 is 23.2 Å². The zero-order chi connectivity index (χ0) is 19.3. The molecule has 2 rings (SSSR count). The molecule has 2 aromatic carbocycles. The Morgan fingerprint density at radius 2 is 1.50 bits per heavy atom. The lowest BCUT2D eigenvalue weighted by Crippen LogP contribution is -2.32. The molecule has 2 aromatic rings. The molecule has 0 aromatic heterocycles. The molecular formula is C19H21Cl2N3O2. The second kappa shape index (κ2) is 8.92. The number of rotatable bonds is 6. The van der Waals surface area contributed by atoms with Gasteiger partial charge in [-0.05, 0) is 42.5 Å². The molecule has 0 aliphatic rings. The van der Waals surface area contributed by atoms with Crippen molar-refractivity contribution in [3.8, 4) is 0 Å². The second-order valence-electron chi connectivity index (χ2n) is 6.04. The third-order valence-corrected chi connectivity index (χ3v) is 4.20. The fraction of sp³-hybridized carbons (Fsp3) is 0.263. The Balaban J connectivity index is 2.01. The van der Waals surface area contributed by atoms with E-state index in [-0.39, 0.29) is 24.8 Å². The van der Waals surface area contributed by atoms with Gasteiger partial charge >= 0.3 is 0 Å². The van der Waals surface area contributed by atoms with Crippen LogP contribution in [0.2, 0.25) is 10.0 Å². The molecule has 0 unspecified atom stereocenters. The highest BCUT2D eigenvalue weighted by molar-refractivity contribution is 6.35. The summed E-state index contributed by atoms with van der Waals surface area (Å²) in [4.78, 5) is 27.7. The molecule has 0 atom stereocenters. The van der Waals surface area contributed by atoms with Crippen LogP contribution in [0, 0.1) is 0 Å². The van der Waals surface area contributed by atoms with Gasteiger partial charge in [-0.3, -0.25) is 9.59 Å². The SMILES string of the molecule is CC(=O)N(CCC(=O)Nc1cc(Cl)cc(Cl)c1)c1ccc(N(C)C)cc1. The molecule has 0 bridgehead atoms. The average Bonchev–Trinajstić information content (AvgIpc) is 2.54. The van der Waals surface area contributed by atoms with E-state index >= 15 is 0 Å². The fourth-order valence-electron chi connectivity index (χ4n) is 2.46. The monoisotopic (exact) mass is 393 g/mol. The van der Waals surface area contributed by atoms with Crippen molar-refractivity contribution in [3.05, 3.63) is 52.5 Å². The van der Waals surface area contributed by atoms with Gasteiger partial charge in [0.15, 0.2) is 0 Å². The lowest BCUT2D eigenvalue weighted by molar-refractivity contribution is -0.117. The van der Waals surface area contributed by atoms with Crippen molar-refractivity contribution in [1.29, 1.82) is 0 Å². The molecule has 2 amide bonds. The maximum absolute atomic E-state index is 12.2. The van der Waals surface area contributed by atoms with Crippen molar-refractivity contribution in [3.63, 3.8) is 0 Å². The van der Waals surface area contributed by atoms with E-state index in [1.54, 1.807) is 23.1 Å². The third kappa shape index (κ3) is 5.64. The van der Waals surface area contributed by atoms with Crippen LogP contribution < -0.4 is 15.1 Å². The molecule has 0 aliphatic heterocycles. The summed E-state index contributed by atoms with van der Waals surface area (Å²) in [5.41, 5.74) is 2.31. The van der Waals surface area contributed by atoms with Crippen molar-refractivity contribution in [2.45, 2.75) is 13.3 Å². The zero-order valence-electron chi connectivity index (χ0n) is 14.9. The number of halogens is 2. The Labute approximate surface area is 163 Å². The standard InChI is InChI=1S/C19H21Cl2N3O2/c1-13(25)24(18-6-4-17(5-7-18)23(2)3)9-8-19(26)22-16-11-14(20)10-15(21)12-16/h4-7,10-12H,8-9H2,1-3H3,(H,22,26). The van der Waals surface area contributed by atoms with Crippen LogP contribution in [0.5, 0.6) is 0 Å². The summed E-state index contributed by atoms with van der Waals surface area (Å²) in [6, 6.07) is 12.4. The Bertz CT molecular complexity index is 772. The Hall–Kier alpha value is -2.24. The van der Waals surface area contributed by atoms with Crippen molar-refractivity contribution in [1.82, 2.24) is 0 Å². The Kier molecular flexibility index (Phi) is 6.89. The largest absolute Gasteiger partial charge is 0.378 e. The molecule has 0 heterocycles. The number of hydrogen-bond donors (Lipinski definition) is 1. The maximum Gasteiger partial charge on any atom is 0.226 e. The molecule has 7 heteroatoms. The molecule has 0 saturated carbocycles. The van der Waals surface area contributed by atoms with E-state index in [0.29, 0.717) is 15.7 Å². The minimum Gasteiger partial charge on any atom is -0.378 e. The maximum atomic E-state index is 12.2. The van der Waals surface area contributed by atoms with E-state index in [1.165, 1.54) is 6.92 Å². The van der Waals surface area contributed by atoms with Gasteiger partial charge in [-0.2, -0.15) is 0 Å². The van der Waals surface area contributed by atoms with E-state index in [4.69, 9.17) is 23.2 Å². The number of anilines is 3. The first-order valence-electron chi connectivity index (χ1n) is 8.07. The molecule has 0 spiro atoms. The molecule has 0 aliphatic carbocycles. The number of hydrogen-bond acceptors (Lipinski definition) is 3. The smallest absolute Gasteiger partial charge is 0.226 e. The van der Waals surface area contributed by atoms with E-state index in [2.05, 4.69) is 5.32 Å². The molecule has 0 radical (unpaired) electrons. The van der Waals surface area contributed by atoms with Crippen LogP contribution in [0.25, 0.3) is 0 Å². The van der Waals surface area contributed by atoms with Gasteiger partial charge in [-0.1, -0.05) is 23.2 Å². The summed E-state index contributed by atoms with van der Waals surface area (Å²) in [7, 11) is 3.90. The molecule has 5 nitrogen and oxygen atoms in total. The van der Waals surface area contributed by atoms with Crippen LogP contribution in [0.1, 0.15) is 13.3 Å². The molecule has 26 heavy (non-hydrogen) atoms. The van der Waals surface area contributed by atoms with Gasteiger partial charge in [0.2, 0.25) is 11.8 Å². The van der Waals surface area contributed by atoms with Crippen molar-refractivity contribution < 1.29 is 9.59 Å². The van der Waals surface area contributed by atoms with Gasteiger partial charge in [-0.15, -0.1) is 0 Å². The van der Waals surface area contributed by atoms with Gasteiger partial charge in [0, 0.05) is 61.1 Å². The van der Waals surface area contributed by atoms with E-state index in [9.17, 15) is 9.59 Å². The number of nitrogens with one attached hydrogen (secondary N) is 1. The van der Waals surface area contributed by atoms with Crippen LogP contribution in [-0.2, 0) is 9.59 Å². The number of amides is 2. The quantitative estimate of drug-likeness (QED) is 0.788. The van der Waals surface area contributed by atoms with Crippen LogP contribution in [0.15, 0.2) is 42.5 Å². The van der Waals surface area contributed by atoms with Crippen LogP contribution in [0.3, 0.4) is 0 Å². The first-order valence-corrected chi connectivity index (χ1v) is 8.83. The summed E-state index contributed by atoms with van der Waals surface area (Å²) >= 11 is 11.9. The zero-order valence-corrected chi connectivity index (χ0v) is 16.4. The lowest BCUT2D eigenvalue weighted by Gasteiger charge is -2.22. The highest BCUT2D eigenvalue weighted by Gasteiger charge is 2.14. The van der Waals surface area contributed by atoms with Gasteiger partial charge in [-0.25, -0.2) is 0 Å². The predicted molar refractivity (Wildman–Crippen MR) is 109 cm³/mol. The minimum absolute atomic E-state index is 0.124. The first kappa shape index (κ1) is 20.1. The van der Waals surface area contributed by atoms with Crippen molar-refractivity contribution >= 4 is 52.1 Å². The van der Waals surface area contributed by atoms with Gasteiger partial charge in [0.1, 0.15) is 0 Å². The van der Waals surface area contributed by atoms with Crippen molar-refractivity contribution in [2.24, 2.45) is 0 Å². The number of nitrogens with zero attached hydrogens (tertiary/aromatic N) is 2. The Morgan fingerprint density at radius 3 is 2.00 bits per heavy atom. The van der Waals surface area contributed by atoms with Crippen LogP contribution in [-0.4, -0.2) is 32.5 Å². The van der Waals surface area contributed by atoms with Crippen LogP contribution in [0.4, 0.5) is 17.1 Å². The molecule has 0 saturated heterocycles. The normalized spacial score (nSPS) is 10.3. The lowest BCUT2D eigenvalue weighted by atomic mass is 10.2. The number of carbonyl (C=O) groups is 2. The fourth-order valence-corrected chi connectivity index (χ4v) is 2.99. The van der Waals surface area contributed by atoms with Gasteiger partial charge in [0.25, 0.3) is 0 Å². The summed E-state index contributed by atoms with van der Waals surface area (Å²) in [6.45, 7) is 1.76. The summed E-state index contributed by atoms with van der Waals surface area (Å²) in [5, 5.41) is 3.63. The van der Waals surface area contributed by atoms with E-state index in [0.717, 1.165) is 11.4 Å². The molecule has 138 valence electrons. The van der Waals surface area contributed by atoms with E-state index < -0.39 is 0 Å². The highest BCUT2D eigenvalue weighted by atomic mass is 35.5. The van der Waals surface area contributed by atoms with E-state index in [1.807, 2.05) is 43.3 Å². The predicted octanol–water partition coefficient (Wildman–Crippen LogP) is 4.44. The van der Waals surface area contributed by atoms with Gasteiger partial charge in [0.05, 0.1) is 0 Å². The molecular weight excluding hydrogens is 373 g/mol. The Morgan fingerprint density at radius 1 is 0.962 bits per heavy atom. The second-order valence-corrected chi connectivity index (χ2v) is 6.91. The van der Waals surface area contributed by atoms with Gasteiger partial charge < -0.3 is 15.1 Å². The molecule has 1 N–H and O–H groups in total. The van der Waals surface area contributed by atoms with Crippen molar-refractivity contribution in [2.75, 3.05) is 35.8 Å². The minimum atomic E-state index is -0.223. The highest BCUT2D eigenvalue weighted by Crippen LogP contribution is 2.23. The topological polar surface area (TPSA) is 52.7 Å². The summed E-state index contributed by atoms with van der Waals surface area (Å²) in [5.74, 6) is -0.347. The first-order chi connectivity index (χ1) is 12.3. The molecule has 0 fully saturated rings. The number of carbonyl (C=O) groups excluding carboxylic acids is 2. The third-order valence-electron chi connectivity index (χ3n) is 3.77. The average molecular weight is 394 g/mol. The number of benzene rings is 2. The summed E-state index contributed by atoms with van der Waals surface area (Å²) < 4.78 is 0. The summed E-state index contributed by atoms with van der Waals surface area (Å²) in [6.07, 6.45) is 0.152.